The summed E-state index contributed by atoms with van der Waals surface area (Å²) < 4.78 is 10.6. The van der Waals surface area contributed by atoms with Gasteiger partial charge in [-0.25, -0.2) is 0 Å². The molecule has 3 N–H and O–H groups in total. The maximum absolute atomic E-state index is 11.2. The number of carbonyl (C=O) groups excluding carboxylic acids is 1. The molecule has 0 unspecified atom stereocenters. The number of primary amides is 1. The van der Waals surface area contributed by atoms with Crippen LogP contribution >= 0.6 is 0 Å². The van der Waals surface area contributed by atoms with Gasteiger partial charge < -0.3 is 20.5 Å². The molecule has 106 valence electrons. The fraction of sp³-hybridized carbons (Fsp3) is 0.500. The fourth-order valence-electron chi connectivity index (χ4n) is 1.60. The van der Waals surface area contributed by atoms with Crippen molar-refractivity contribution >= 4 is 11.6 Å². The fourth-order valence-corrected chi connectivity index (χ4v) is 1.60. The average molecular weight is 266 g/mol. The van der Waals surface area contributed by atoms with Crippen molar-refractivity contribution in [2.45, 2.75) is 25.9 Å². The Bertz CT molecular complexity index is 444. The molecule has 0 saturated carbocycles. The number of methoxy groups -OCH3 is 2. The summed E-state index contributed by atoms with van der Waals surface area (Å²) in [7, 11) is 3.28. The Labute approximate surface area is 114 Å². The van der Waals surface area contributed by atoms with Crippen LogP contribution in [-0.2, 0) is 4.74 Å². The van der Waals surface area contributed by atoms with Gasteiger partial charge in [-0.3, -0.25) is 4.79 Å². The second kappa shape index (κ2) is 6.43. The maximum atomic E-state index is 11.2. The number of hydrogen-bond donors (Lipinski definition) is 2. The van der Waals surface area contributed by atoms with Gasteiger partial charge in [-0.1, -0.05) is 0 Å². The minimum Gasteiger partial charge on any atom is -0.495 e. The van der Waals surface area contributed by atoms with Crippen LogP contribution in [0.4, 0.5) is 5.69 Å². The molecule has 0 aliphatic heterocycles. The van der Waals surface area contributed by atoms with Crippen molar-refractivity contribution in [3.8, 4) is 5.75 Å². The van der Waals surface area contributed by atoms with Crippen molar-refractivity contribution in [3.05, 3.63) is 23.8 Å². The van der Waals surface area contributed by atoms with Gasteiger partial charge in [0, 0.05) is 19.2 Å². The van der Waals surface area contributed by atoms with Crippen LogP contribution in [0.5, 0.6) is 5.75 Å². The number of anilines is 1. The standard InChI is InChI=1S/C14H22N2O3/c1-14(2,19-4)7-8-16-11-9-10(13(15)17)5-6-12(11)18-3/h5-6,9,16H,7-8H2,1-4H3,(H2,15,17). The van der Waals surface area contributed by atoms with Gasteiger partial charge in [-0.2, -0.15) is 0 Å². The van der Waals surface area contributed by atoms with Crippen molar-refractivity contribution in [3.63, 3.8) is 0 Å². The first-order valence-electron chi connectivity index (χ1n) is 6.16. The Hall–Kier alpha value is -1.75. The van der Waals surface area contributed by atoms with Gasteiger partial charge in [0.15, 0.2) is 0 Å². The number of amides is 1. The van der Waals surface area contributed by atoms with Crippen molar-refractivity contribution in [2.75, 3.05) is 26.1 Å². The zero-order valence-corrected chi connectivity index (χ0v) is 11.9. The van der Waals surface area contributed by atoms with Crippen molar-refractivity contribution in [1.82, 2.24) is 0 Å². The molecule has 0 heterocycles. The SMILES string of the molecule is COc1ccc(C(N)=O)cc1NCCC(C)(C)OC. The van der Waals surface area contributed by atoms with Gasteiger partial charge in [0.1, 0.15) is 5.75 Å². The smallest absolute Gasteiger partial charge is 0.248 e. The third-order valence-electron chi connectivity index (χ3n) is 3.08. The number of hydrogen-bond acceptors (Lipinski definition) is 4. The summed E-state index contributed by atoms with van der Waals surface area (Å²) in [6.45, 7) is 4.75. The van der Waals surface area contributed by atoms with Crippen LogP contribution in [0.15, 0.2) is 18.2 Å². The van der Waals surface area contributed by atoms with E-state index in [1.54, 1.807) is 32.4 Å². The first-order valence-corrected chi connectivity index (χ1v) is 6.16. The second-order valence-corrected chi connectivity index (χ2v) is 4.92. The van der Waals surface area contributed by atoms with Crippen LogP contribution in [0, 0.1) is 0 Å². The minimum atomic E-state index is -0.456. The maximum Gasteiger partial charge on any atom is 0.248 e. The van der Waals surface area contributed by atoms with E-state index < -0.39 is 5.91 Å². The summed E-state index contributed by atoms with van der Waals surface area (Å²) in [6, 6.07) is 5.07. The van der Waals surface area contributed by atoms with E-state index in [0.29, 0.717) is 17.9 Å². The van der Waals surface area contributed by atoms with Gasteiger partial charge in [0.05, 0.1) is 18.4 Å². The van der Waals surface area contributed by atoms with E-state index in [0.717, 1.165) is 12.1 Å². The third-order valence-corrected chi connectivity index (χ3v) is 3.08. The molecule has 19 heavy (non-hydrogen) atoms. The van der Waals surface area contributed by atoms with Gasteiger partial charge in [-0.05, 0) is 38.5 Å². The topological polar surface area (TPSA) is 73.6 Å². The summed E-state index contributed by atoms with van der Waals surface area (Å²) in [4.78, 5) is 11.2. The molecule has 0 aliphatic rings. The van der Waals surface area contributed by atoms with E-state index in [1.165, 1.54) is 0 Å². The first-order chi connectivity index (χ1) is 8.89. The van der Waals surface area contributed by atoms with Crippen LogP contribution in [0.1, 0.15) is 30.6 Å². The summed E-state index contributed by atoms with van der Waals surface area (Å²) in [5.74, 6) is 0.225. The Morgan fingerprint density at radius 2 is 2.05 bits per heavy atom. The van der Waals surface area contributed by atoms with Crippen molar-refractivity contribution in [2.24, 2.45) is 5.73 Å². The van der Waals surface area contributed by atoms with Gasteiger partial charge in [0.2, 0.25) is 5.91 Å². The Kier molecular flexibility index (Phi) is 5.18. The molecule has 0 fully saturated rings. The molecule has 0 aliphatic carbocycles. The van der Waals surface area contributed by atoms with Gasteiger partial charge >= 0.3 is 0 Å². The number of rotatable bonds is 7. The zero-order chi connectivity index (χ0) is 14.5. The summed E-state index contributed by atoms with van der Waals surface area (Å²) in [5, 5.41) is 3.24. The summed E-state index contributed by atoms with van der Waals surface area (Å²) in [5.41, 5.74) is 6.28. The number of carbonyl (C=O) groups is 1. The lowest BCUT2D eigenvalue weighted by Gasteiger charge is -2.23. The normalized spacial score (nSPS) is 11.2. The second-order valence-electron chi connectivity index (χ2n) is 4.92. The summed E-state index contributed by atoms with van der Waals surface area (Å²) >= 11 is 0. The van der Waals surface area contributed by atoms with Crippen molar-refractivity contribution < 1.29 is 14.3 Å². The molecule has 1 aromatic rings. The molecule has 0 saturated heterocycles. The van der Waals surface area contributed by atoms with E-state index in [4.69, 9.17) is 15.2 Å². The number of nitrogens with one attached hydrogen (secondary N) is 1. The summed E-state index contributed by atoms with van der Waals surface area (Å²) in [6.07, 6.45) is 0.827. The molecule has 5 nitrogen and oxygen atoms in total. The molecule has 0 bridgehead atoms. The van der Waals surface area contributed by atoms with Crippen LogP contribution < -0.4 is 15.8 Å². The molecular weight excluding hydrogens is 244 g/mol. The van der Waals surface area contributed by atoms with Gasteiger partial charge in [0.25, 0.3) is 0 Å². The molecular formula is C14H22N2O3. The largest absolute Gasteiger partial charge is 0.495 e. The van der Waals surface area contributed by atoms with E-state index >= 15 is 0 Å². The zero-order valence-electron chi connectivity index (χ0n) is 11.9. The molecule has 0 spiro atoms. The number of ether oxygens (including phenoxy) is 2. The molecule has 5 heteroatoms. The van der Waals surface area contributed by atoms with Gasteiger partial charge in [-0.15, -0.1) is 0 Å². The monoisotopic (exact) mass is 266 g/mol. The van der Waals surface area contributed by atoms with Crippen LogP contribution in [0.25, 0.3) is 0 Å². The lowest BCUT2D eigenvalue weighted by Crippen LogP contribution is -2.25. The van der Waals surface area contributed by atoms with E-state index in [9.17, 15) is 4.79 Å². The molecule has 1 rings (SSSR count). The quantitative estimate of drug-likeness (QED) is 0.792. The Morgan fingerprint density at radius 1 is 1.37 bits per heavy atom. The Balaban J connectivity index is 2.75. The molecule has 1 amide bonds. The van der Waals surface area contributed by atoms with Crippen LogP contribution in [0.2, 0.25) is 0 Å². The predicted octanol–water partition coefficient (Wildman–Crippen LogP) is 2.02. The lowest BCUT2D eigenvalue weighted by molar-refractivity contribution is 0.0185. The van der Waals surface area contributed by atoms with E-state index in [1.807, 2.05) is 13.8 Å². The first kappa shape index (κ1) is 15.3. The molecule has 0 radical (unpaired) electrons. The highest BCUT2D eigenvalue weighted by molar-refractivity contribution is 5.94. The molecule has 0 aromatic heterocycles. The molecule has 1 aromatic carbocycles. The average Bonchev–Trinajstić information content (AvgIpc) is 2.38. The molecule has 0 atom stereocenters. The van der Waals surface area contributed by atoms with Crippen LogP contribution in [0.3, 0.4) is 0 Å². The predicted molar refractivity (Wildman–Crippen MR) is 75.7 cm³/mol. The van der Waals surface area contributed by atoms with E-state index in [-0.39, 0.29) is 5.60 Å². The van der Waals surface area contributed by atoms with Crippen molar-refractivity contribution in [1.29, 1.82) is 0 Å². The number of nitrogens with two attached hydrogens (primary N) is 1. The minimum absolute atomic E-state index is 0.193. The number of benzene rings is 1. The highest BCUT2D eigenvalue weighted by atomic mass is 16.5. The highest BCUT2D eigenvalue weighted by Gasteiger charge is 2.16. The lowest BCUT2D eigenvalue weighted by atomic mass is 10.1. The Morgan fingerprint density at radius 3 is 2.58 bits per heavy atom. The third kappa shape index (κ3) is 4.44. The van der Waals surface area contributed by atoms with Crippen LogP contribution in [-0.4, -0.2) is 32.3 Å². The van der Waals surface area contributed by atoms with E-state index in [2.05, 4.69) is 5.32 Å². The highest BCUT2D eigenvalue weighted by Crippen LogP contribution is 2.26.